The molecule has 1 saturated heterocycles. The molecule has 0 radical (unpaired) electrons. The molecule has 3 N–H and O–H groups in total. The van der Waals surface area contributed by atoms with Crippen LogP contribution < -0.4 is 10.6 Å². The van der Waals surface area contributed by atoms with E-state index in [4.69, 9.17) is 0 Å². The van der Waals surface area contributed by atoms with E-state index < -0.39 is 0 Å². The van der Waals surface area contributed by atoms with Gasteiger partial charge < -0.3 is 15.6 Å². The Labute approximate surface area is 101 Å². The third kappa shape index (κ3) is 1.77. The summed E-state index contributed by atoms with van der Waals surface area (Å²) in [6.07, 6.45) is 1.98. The highest BCUT2D eigenvalue weighted by Crippen LogP contribution is 2.28. The summed E-state index contributed by atoms with van der Waals surface area (Å²) in [5, 5.41) is 7.14. The van der Waals surface area contributed by atoms with Crippen LogP contribution in [0.3, 0.4) is 0 Å². The fourth-order valence-electron chi connectivity index (χ4n) is 2.57. The number of nitrogens with one attached hydrogen (secondary N) is 3. The number of aromatic amines is 1. The highest BCUT2D eigenvalue weighted by molar-refractivity contribution is 5.36. The largest absolute Gasteiger partial charge is 0.363 e. The van der Waals surface area contributed by atoms with Crippen molar-refractivity contribution in [3.8, 4) is 0 Å². The molecule has 1 aliphatic heterocycles. The molecule has 0 amide bonds. The van der Waals surface area contributed by atoms with E-state index in [-0.39, 0.29) is 5.54 Å². The Bertz CT molecular complexity index is 455. The predicted molar refractivity (Wildman–Crippen MR) is 68.9 cm³/mol. The van der Waals surface area contributed by atoms with Crippen LogP contribution in [0.2, 0.25) is 0 Å². The van der Waals surface area contributed by atoms with Gasteiger partial charge in [-0.2, -0.15) is 0 Å². The van der Waals surface area contributed by atoms with Gasteiger partial charge in [-0.25, -0.2) is 0 Å². The minimum atomic E-state index is -0.122. The maximum absolute atomic E-state index is 3.66. The fraction of sp³-hybridized carbons (Fsp3) is 0.286. The normalized spacial score (nSPS) is 24.7. The summed E-state index contributed by atoms with van der Waals surface area (Å²) in [7, 11) is 0. The van der Waals surface area contributed by atoms with Crippen LogP contribution in [0.25, 0.3) is 0 Å². The Balaban J connectivity index is 2.08. The van der Waals surface area contributed by atoms with Crippen molar-refractivity contribution in [2.45, 2.75) is 5.54 Å². The van der Waals surface area contributed by atoms with Crippen LogP contribution in [-0.2, 0) is 5.54 Å². The van der Waals surface area contributed by atoms with Gasteiger partial charge in [0.05, 0.1) is 5.54 Å². The molecule has 0 saturated carbocycles. The van der Waals surface area contributed by atoms with Gasteiger partial charge in [-0.05, 0) is 17.7 Å². The standard InChI is InChI=1S/C14H17N3/c1-2-5-12(6-3-1)14(11-15-9-10-17-14)13-7-4-8-16-13/h1-8,15-17H,9-11H2. The summed E-state index contributed by atoms with van der Waals surface area (Å²) in [6, 6.07) is 14.8. The molecule has 1 aliphatic rings. The molecule has 2 heterocycles. The van der Waals surface area contributed by atoms with Gasteiger partial charge in [0, 0.05) is 31.5 Å². The van der Waals surface area contributed by atoms with E-state index in [1.165, 1.54) is 11.3 Å². The van der Waals surface area contributed by atoms with E-state index in [0.29, 0.717) is 0 Å². The molecule has 3 heteroatoms. The molecule has 1 fully saturated rings. The van der Waals surface area contributed by atoms with Crippen molar-refractivity contribution >= 4 is 0 Å². The molecule has 88 valence electrons. The predicted octanol–water partition coefficient (Wildman–Crippen LogP) is 1.45. The topological polar surface area (TPSA) is 39.9 Å². The second-order valence-electron chi connectivity index (χ2n) is 4.46. The lowest BCUT2D eigenvalue weighted by atomic mass is 9.85. The second-order valence-corrected chi connectivity index (χ2v) is 4.46. The number of piperazine rings is 1. The maximum atomic E-state index is 3.66. The van der Waals surface area contributed by atoms with Gasteiger partial charge in [0.15, 0.2) is 0 Å². The zero-order valence-corrected chi connectivity index (χ0v) is 9.74. The lowest BCUT2D eigenvalue weighted by molar-refractivity contribution is 0.323. The van der Waals surface area contributed by atoms with Crippen molar-refractivity contribution in [1.82, 2.24) is 15.6 Å². The third-order valence-electron chi connectivity index (χ3n) is 3.44. The summed E-state index contributed by atoms with van der Waals surface area (Å²) >= 11 is 0. The summed E-state index contributed by atoms with van der Waals surface area (Å²) in [6.45, 7) is 2.92. The monoisotopic (exact) mass is 227 g/mol. The number of hydrogen-bond acceptors (Lipinski definition) is 2. The molecule has 3 rings (SSSR count). The van der Waals surface area contributed by atoms with Crippen molar-refractivity contribution in [2.24, 2.45) is 0 Å². The number of benzene rings is 1. The van der Waals surface area contributed by atoms with Gasteiger partial charge in [0.2, 0.25) is 0 Å². The van der Waals surface area contributed by atoms with Crippen LogP contribution in [0, 0.1) is 0 Å². The first-order valence-corrected chi connectivity index (χ1v) is 6.07. The van der Waals surface area contributed by atoms with Crippen LogP contribution in [-0.4, -0.2) is 24.6 Å². The molecule has 0 bridgehead atoms. The van der Waals surface area contributed by atoms with Crippen molar-refractivity contribution in [2.75, 3.05) is 19.6 Å². The van der Waals surface area contributed by atoms with Crippen LogP contribution in [0.5, 0.6) is 0 Å². The molecule has 1 aromatic heterocycles. The number of aromatic nitrogens is 1. The van der Waals surface area contributed by atoms with Crippen molar-refractivity contribution < 1.29 is 0 Å². The van der Waals surface area contributed by atoms with Crippen LogP contribution >= 0.6 is 0 Å². The smallest absolute Gasteiger partial charge is 0.0968 e. The van der Waals surface area contributed by atoms with Crippen molar-refractivity contribution in [1.29, 1.82) is 0 Å². The molecular weight excluding hydrogens is 210 g/mol. The van der Waals surface area contributed by atoms with Crippen molar-refractivity contribution in [3.05, 3.63) is 59.9 Å². The van der Waals surface area contributed by atoms with Crippen LogP contribution in [0.1, 0.15) is 11.3 Å². The summed E-state index contributed by atoms with van der Waals surface area (Å²) in [5.74, 6) is 0. The van der Waals surface area contributed by atoms with E-state index >= 15 is 0 Å². The van der Waals surface area contributed by atoms with Gasteiger partial charge in [-0.15, -0.1) is 0 Å². The second kappa shape index (κ2) is 4.35. The number of rotatable bonds is 2. The molecule has 1 unspecified atom stereocenters. The van der Waals surface area contributed by atoms with E-state index in [1.54, 1.807) is 0 Å². The minimum absolute atomic E-state index is 0.122. The fourth-order valence-corrected chi connectivity index (χ4v) is 2.57. The molecule has 1 atom stereocenters. The molecule has 17 heavy (non-hydrogen) atoms. The number of hydrogen-bond donors (Lipinski definition) is 3. The average molecular weight is 227 g/mol. The Morgan fingerprint density at radius 1 is 0.941 bits per heavy atom. The van der Waals surface area contributed by atoms with Crippen LogP contribution in [0.15, 0.2) is 48.7 Å². The first kappa shape index (κ1) is 10.6. The van der Waals surface area contributed by atoms with E-state index in [9.17, 15) is 0 Å². The van der Waals surface area contributed by atoms with Gasteiger partial charge in [-0.1, -0.05) is 30.3 Å². The molecule has 1 aromatic carbocycles. The molecule has 3 nitrogen and oxygen atoms in total. The van der Waals surface area contributed by atoms with Gasteiger partial charge in [-0.3, -0.25) is 0 Å². The minimum Gasteiger partial charge on any atom is -0.363 e. The summed E-state index contributed by atoms with van der Waals surface area (Å²) in [5.41, 5.74) is 2.40. The average Bonchev–Trinajstić information content (AvgIpc) is 2.95. The van der Waals surface area contributed by atoms with E-state index in [1.807, 2.05) is 6.20 Å². The first-order valence-electron chi connectivity index (χ1n) is 6.07. The quantitative estimate of drug-likeness (QED) is 0.726. The zero-order chi connectivity index (χ0) is 11.6. The molecule has 2 aromatic rings. The Kier molecular flexibility index (Phi) is 2.71. The number of H-pyrrole nitrogens is 1. The molecule has 0 spiro atoms. The molecule has 0 aliphatic carbocycles. The highest BCUT2D eigenvalue weighted by Gasteiger charge is 2.36. The highest BCUT2D eigenvalue weighted by atomic mass is 15.1. The Morgan fingerprint density at radius 3 is 2.47 bits per heavy atom. The summed E-state index contributed by atoms with van der Waals surface area (Å²) < 4.78 is 0. The van der Waals surface area contributed by atoms with Crippen molar-refractivity contribution in [3.63, 3.8) is 0 Å². The maximum Gasteiger partial charge on any atom is 0.0968 e. The van der Waals surface area contributed by atoms with Crippen LogP contribution in [0.4, 0.5) is 0 Å². The first-order chi connectivity index (χ1) is 8.42. The lowest BCUT2D eigenvalue weighted by Crippen LogP contribution is -2.57. The lowest BCUT2D eigenvalue weighted by Gasteiger charge is -2.38. The zero-order valence-electron chi connectivity index (χ0n) is 9.74. The third-order valence-corrected chi connectivity index (χ3v) is 3.44. The SMILES string of the molecule is c1ccc(C2(c3ccc[nH]3)CNCCN2)cc1. The van der Waals surface area contributed by atoms with Gasteiger partial charge in [0.1, 0.15) is 0 Å². The molecular formula is C14H17N3. The van der Waals surface area contributed by atoms with E-state index in [2.05, 4.69) is 58.1 Å². The summed E-state index contributed by atoms with van der Waals surface area (Å²) in [4.78, 5) is 3.34. The Morgan fingerprint density at radius 2 is 1.82 bits per heavy atom. The Hall–Kier alpha value is -1.58. The van der Waals surface area contributed by atoms with Gasteiger partial charge in [0.25, 0.3) is 0 Å². The van der Waals surface area contributed by atoms with E-state index in [0.717, 1.165) is 19.6 Å². The van der Waals surface area contributed by atoms with Gasteiger partial charge >= 0.3 is 0 Å².